The first-order valence-electron chi connectivity index (χ1n) is 9.73. The summed E-state index contributed by atoms with van der Waals surface area (Å²) in [5.74, 6) is 0.411. The number of pyridine rings is 1. The van der Waals surface area contributed by atoms with Crippen LogP contribution in [0.3, 0.4) is 0 Å². The van der Waals surface area contributed by atoms with Crippen molar-refractivity contribution in [1.29, 1.82) is 0 Å². The second kappa shape index (κ2) is 8.16. The van der Waals surface area contributed by atoms with Gasteiger partial charge in [-0.15, -0.1) is 11.3 Å². The molecule has 0 aliphatic carbocycles. The molecule has 0 atom stereocenters. The number of para-hydroxylation sites is 1. The second-order valence-electron chi connectivity index (χ2n) is 7.01. The normalized spacial score (nSPS) is 11.0. The van der Waals surface area contributed by atoms with Gasteiger partial charge in [-0.05, 0) is 65.7 Å². The third kappa shape index (κ3) is 4.11. The molecule has 3 aromatic carbocycles. The topological polar surface area (TPSA) is 55.0 Å². The summed E-state index contributed by atoms with van der Waals surface area (Å²) in [7, 11) is 0. The Labute approximate surface area is 181 Å². The molecular weight excluding hydrogens is 411 g/mol. The van der Waals surface area contributed by atoms with E-state index in [0.717, 1.165) is 37.7 Å². The highest BCUT2D eigenvalue weighted by molar-refractivity contribution is 7.18. The van der Waals surface area contributed by atoms with E-state index in [2.05, 4.69) is 9.97 Å². The first-order chi connectivity index (χ1) is 15.2. The number of nitrogens with one attached hydrogen (secondary N) is 1. The van der Waals surface area contributed by atoms with E-state index in [1.807, 2.05) is 48.5 Å². The quantitative estimate of drug-likeness (QED) is 0.371. The summed E-state index contributed by atoms with van der Waals surface area (Å²) in [4.78, 5) is 19.4. The molecule has 0 aliphatic heterocycles. The fourth-order valence-electron chi connectivity index (χ4n) is 3.42. The number of aromatic amines is 1. The van der Waals surface area contributed by atoms with Crippen LogP contribution in [0.15, 0.2) is 89.7 Å². The van der Waals surface area contributed by atoms with Gasteiger partial charge in [-0.3, -0.25) is 4.79 Å². The maximum atomic E-state index is 13.3. The molecule has 1 N–H and O–H groups in total. The van der Waals surface area contributed by atoms with Crippen LogP contribution in [0.25, 0.3) is 32.6 Å². The van der Waals surface area contributed by atoms with E-state index >= 15 is 0 Å². The number of nitrogens with zero attached hydrogens (tertiary/aromatic N) is 1. The number of ether oxygens (including phenoxy) is 1. The Kier molecular flexibility index (Phi) is 5.06. The minimum Gasteiger partial charge on any atom is -0.486 e. The molecule has 0 unspecified atom stereocenters. The Hall–Kier alpha value is -3.77. The molecule has 0 amide bonds. The van der Waals surface area contributed by atoms with E-state index in [9.17, 15) is 9.18 Å². The van der Waals surface area contributed by atoms with Gasteiger partial charge in [0.25, 0.3) is 0 Å². The molecule has 0 bridgehead atoms. The lowest BCUT2D eigenvalue weighted by molar-refractivity contribution is 0.306. The summed E-state index contributed by atoms with van der Waals surface area (Å²) < 4.78 is 20.4. The predicted octanol–water partition coefficient (Wildman–Crippen LogP) is 6.04. The van der Waals surface area contributed by atoms with Gasteiger partial charge in [0.15, 0.2) is 0 Å². The minimum atomic E-state index is -0.321. The number of hydrogen-bond acceptors (Lipinski definition) is 4. The summed E-state index contributed by atoms with van der Waals surface area (Å²) in [6.07, 6.45) is 0. The Bertz CT molecular complexity index is 1370. The van der Waals surface area contributed by atoms with E-state index < -0.39 is 0 Å². The SMILES string of the molecule is O=c1ccc(-c2ccc(OCc3nc4ccccc4s3)cc2)c(-c2ccc(F)cc2)[nH]1. The number of aromatic nitrogens is 2. The van der Waals surface area contributed by atoms with Crippen molar-refractivity contribution < 1.29 is 9.13 Å². The van der Waals surface area contributed by atoms with Gasteiger partial charge in [0, 0.05) is 11.6 Å². The number of benzene rings is 3. The molecule has 0 radical (unpaired) electrons. The number of hydrogen-bond donors (Lipinski definition) is 1. The fraction of sp³-hybridized carbons (Fsp3) is 0.0400. The van der Waals surface area contributed by atoms with Gasteiger partial charge in [0.2, 0.25) is 5.56 Å². The molecular formula is C25H17FN2O2S. The maximum absolute atomic E-state index is 13.3. The van der Waals surface area contributed by atoms with Crippen LogP contribution in [-0.4, -0.2) is 9.97 Å². The number of rotatable bonds is 5. The Balaban J connectivity index is 1.38. The summed E-state index contributed by atoms with van der Waals surface area (Å²) in [6.45, 7) is 0.401. The summed E-state index contributed by atoms with van der Waals surface area (Å²) in [5.41, 5.74) is 3.93. The van der Waals surface area contributed by atoms with Gasteiger partial charge in [-0.25, -0.2) is 9.37 Å². The average molecular weight is 428 g/mol. The molecule has 2 aromatic heterocycles. The number of H-pyrrole nitrogens is 1. The molecule has 4 nitrogen and oxygen atoms in total. The molecule has 0 fully saturated rings. The summed E-state index contributed by atoms with van der Waals surface area (Å²) >= 11 is 1.62. The molecule has 2 heterocycles. The maximum Gasteiger partial charge on any atom is 0.248 e. The highest BCUT2D eigenvalue weighted by Gasteiger charge is 2.10. The highest BCUT2D eigenvalue weighted by atomic mass is 32.1. The monoisotopic (exact) mass is 428 g/mol. The molecule has 5 rings (SSSR count). The van der Waals surface area contributed by atoms with Crippen LogP contribution >= 0.6 is 11.3 Å². The lowest BCUT2D eigenvalue weighted by Gasteiger charge is -2.11. The van der Waals surface area contributed by atoms with Gasteiger partial charge in [0.05, 0.1) is 15.9 Å². The minimum absolute atomic E-state index is 0.209. The van der Waals surface area contributed by atoms with Gasteiger partial charge in [-0.2, -0.15) is 0 Å². The summed E-state index contributed by atoms with van der Waals surface area (Å²) in [6, 6.07) is 25.0. The van der Waals surface area contributed by atoms with Crippen LogP contribution in [0, 0.1) is 5.82 Å². The lowest BCUT2D eigenvalue weighted by atomic mass is 9.99. The molecule has 152 valence electrons. The van der Waals surface area contributed by atoms with Crippen molar-refractivity contribution in [1.82, 2.24) is 9.97 Å². The average Bonchev–Trinajstić information content (AvgIpc) is 3.22. The number of thiazole rings is 1. The van der Waals surface area contributed by atoms with Crippen LogP contribution in [0.5, 0.6) is 5.75 Å². The Morgan fingerprint density at radius 2 is 1.61 bits per heavy atom. The molecule has 5 aromatic rings. The zero-order valence-corrected chi connectivity index (χ0v) is 17.2. The van der Waals surface area contributed by atoms with Gasteiger partial charge < -0.3 is 9.72 Å². The number of fused-ring (bicyclic) bond motifs is 1. The third-order valence-electron chi connectivity index (χ3n) is 4.92. The van der Waals surface area contributed by atoms with Crippen LogP contribution in [0.4, 0.5) is 4.39 Å². The highest BCUT2D eigenvalue weighted by Crippen LogP contribution is 2.31. The Morgan fingerprint density at radius 3 is 2.39 bits per heavy atom. The van der Waals surface area contributed by atoms with Crippen molar-refractivity contribution in [2.24, 2.45) is 0 Å². The Morgan fingerprint density at radius 1 is 0.871 bits per heavy atom. The van der Waals surface area contributed by atoms with Crippen LogP contribution in [0.2, 0.25) is 0 Å². The molecule has 0 aliphatic rings. The standard InChI is InChI=1S/C25H17FN2O2S/c26-18-9-5-17(6-10-18)25-20(13-14-23(29)28-25)16-7-11-19(12-8-16)30-15-24-27-21-3-1-2-4-22(21)31-24/h1-14H,15H2,(H,28,29). The smallest absolute Gasteiger partial charge is 0.248 e. The summed E-state index contributed by atoms with van der Waals surface area (Å²) in [5, 5.41) is 0.921. The van der Waals surface area contributed by atoms with E-state index in [0.29, 0.717) is 12.3 Å². The first kappa shape index (κ1) is 19.2. The first-order valence-corrected chi connectivity index (χ1v) is 10.5. The van der Waals surface area contributed by atoms with Crippen molar-refractivity contribution in [3.8, 4) is 28.1 Å². The van der Waals surface area contributed by atoms with E-state index in [1.165, 1.54) is 18.2 Å². The zero-order chi connectivity index (χ0) is 21.2. The fourth-order valence-corrected chi connectivity index (χ4v) is 4.30. The van der Waals surface area contributed by atoms with E-state index in [-0.39, 0.29) is 11.4 Å². The second-order valence-corrected chi connectivity index (χ2v) is 8.12. The zero-order valence-electron chi connectivity index (χ0n) is 16.3. The van der Waals surface area contributed by atoms with Gasteiger partial charge in [-0.1, -0.05) is 24.3 Å². The largest absolute Gasteiger partial charge is 0.486 e. The molecule has 0 saturated heterocycles. The van der Waals surface area contributed by atoms with Crippen LogP contribution < -0.4 is 10.3 Å². The van der Waals surface area contributed by atoms with Crippen LogP contribution in [-0.2, 0) is 6.61 Å². The van der Waals surface area contributed by atoms with Crippen molar-refractivity contribution >= 4 is 21.6 Å². The molecule has 6 heteroatoms. The lowest BCUT2D eigenvalue weighted by Crippen LogP contribution is -2.05. The molecule has 0 saturated carbocycles. The van der Waals surface area contributed by atoms with E-state index in [1.54, 1.807) is 29.5 Å². The molecule has 31 heavy (non-hydrogen) atoms. The van der Waals surface area contributed by atoms with Gasteiger partial charge in [0.1, 0.15) is 23.2 Å². The van der Waals surface area contributed by atoms with E-state index in [4.69, 9.17) is 4.74 Å². The van der Waals surface area contributed by atoms with Crippen LogP contribution in [0.1, 0.15) is 5.01 Å². The number of halogens is 1. The van der Waals surface area contributed by atoms with Gasteiger partial charge >= 0.3 is 0 Å². The van der Waals surface area contributed by atoms with Crippen molar-refractivity contribution in [3.05, 3.63) is 106 Å². The molecule has 0 spiro atoms. The van der Waals surface area contributed by atoms with Crippen molar-refractivity contribution in [3.63, 3.8) is 0 Å². The third-order valence-corrected chi connectivity index (χ3v) is 5.93. The predicted molar refractivity (Wildman–Crippen MR) is 122 cm³/mol. The van der Waals surface area contributed by atoms with Crippen molar-refractivity contribution in [2.45, 2.75) is 6.61 Å². The van der Waals surface area contributed by atoms with Crippen molar-refractivity contribution in [2.75, 3.05) is 0 Å².